The van der Waals surface area contributed by atoms with Crippen LogP contribution in [0.1, 0.15) is 42.7 Å². The topological polar surface area (TPSA) is 37.4 Å². The molecular weight excluding hydrogens is 370 g/mol. The Morgan fingerprint density at radius 1 is 0.964 bits per heavy atom. The van der Waals surface area contributed by atoms with Crippen LogP contribution in [0, 0.1) is 11.8 Å². The second kappa shape index (κ2) is 8.48. The van der Waals surface area contributed by atoms with Gasteiger partial charge in [-0.3, -0.25) is 9.59 Å². The molecule has 0 aromatic heterocycles. The summed E-state index contributed by atoms with van der Waals surface area (Å²) in [5.41, 5.74) is 2.28. The van der Waals surface area contributed by atoms with E-state index in [4.69, 9.17) is 11.6 Å². The number of halogens is 1. The molecule has 28 heavy (non-hydrogen) atoms. The molecule has 1 saturated carbocycles. The van der Waals surface area contributed by atoms with Crippen molar-refractivity contribution in [3.05, 3.63) is 70.7 Å². The van der Waals surface area contributed by atoms with E-state index in [9.17, 15) is 9.59 Å². The van der Waals surface area contributed by atoms with E-state index in [2.05, 4.69) is 24.3 Å². The van der Waals surface area contributed by atoms with E-state index in [1.165, 1.54) is 5.56 Å². The summed E-state index contributed by atoms with van der Waals surface area (Å²) in [4.78, 5) is 27.4. The van der Waals surface area contributed by atoms with Crippen molar-refractivity contribution in [2.75, 3.05) is 13.1 Å². The summed E-state index contributed by atoms with van der Waals surface area (Å²) in [5.74, 6) is 1.27. The number of piperidine rings is 1. The number of benzene rings is 2. The lowest BCUT2D eigenvalue weighted by atomic mass is 9.77. The van der Waals surface area contributed by atoms with Crippen molar-refractivity contribution in [1.29, 1.82) is 0 Å². The summed E-state index contributed by atoms with van der Waals surface area (Å²) >= 11 is 5.94. The van der Waals surface area contributed by atoms with E-state index >= 15 is 0 Å². The minimum atomic E-state index is 0.179. The quantitative estimate of drug-likeness (QED) is 0.698. The van der Waals surface area contributed by atoms with Gasteiger partial charge in [-0.15, -0.1) is 0 Å². The van der Waals surface area contributed by atoms with Crippen LogP contribution in [0.15, 0.2) is 54.6 Å². The van der Waals surface area contributed by atoms with Gasteiger partial charge in [0.15, 0.2) is 0 Å². The first-order valence-electron chi connectivity index (χ1n) is 10.2. The normalized spacial score (nSPS) is 22.1. The molecule has 1 unspecified atom stereocenters. The first kappa shape index (κ1) is 19.2. The van der Waals surface area contributed by atoms with Crippen LogP contribution in [0.25, 0.3) is 0 Å². The molecule has 1 saturated heterocycles. The molecule has 0 N–H and O–H groups in total. The number of rotatable bonds is 6. The molecule has 4 rings (SSSR count). The lowest BCUT2D eigenvalue weighted by Gasteiger charge is -2.39. The molecule has 3 nitrogen and oxygen atoms in total. The van der Waals surface area contributed by atoms with Crippen LogP contribution in [0.5, 0.6) is 0 Å². The predicted molar refractivity (Wildman–Crippen MR) is 111 cm³/mol. The molecule has 2 aliphatic rings. The standard InChI is InChI=1S/C24H26ClNO2/c25-21-10-6-17(7-11-21)14-22(27)15-20-16-26(24(28)19-8-9-19)13-12-23(20)18-4-2-1-3-5-18/h1-7,10-11,19-20,23H,8-9,12-16H2/t20-,23?/m1/s1. The van der Waals surface area contributed by atoms with Crippen molar-refractivity contribution in [1.82, 2.24) is 4.90 Å². The van der Waals surface area contributed by atoms with Gasteiger partial charge in [-0.1, -0.05) is 54.1 Å². The minimum absolute atomic E-state index is 0.179. The summed E-state index contributed by atoms with van der Waals surface area (Å²) in [5, 5.41) is 0.682. The fourth-order valence-corrected chi connectivity index (χ4v) is 4.49. The van der Waals surface area contributed by atoms with Crippen LogP contribution in [0.4, 0.5) is 0 Å². The lowest BCUT2D eigenvalue weighted by molar-refractivity contribution is -0.135. The maximum Gasteiger partial charge on any atom is 0.225 e. The number of hydrogen-bond acceptors (Lipinski definition) is 2. The van der Waals surface area contributed by atoms with E-state index in [1.54, 1.807) is 0 Å². The summed E-state index contributed by atoms with van der Waals surface area (Å²) in [6.07, 6.45) is 3.92. The Bertz CT molecular complexity index is 829. The van der Waals surface area contributed by atoms with Gasteiger partial charge in [-0.25, -0.2) is 0 Å². The van der Waals surface area contributed by atoms with E-state index in [0.717, 1.165) is 31.4 Å². The van der Waals surface area contributed by atoms with Gasteiger partial charge in [0.2, 0.25) is 5.91 Å². The molecule has 2 aromatic carbocycles. The summed E-state index contributed by atoms with van der Waals surface area (Å²) < 4.78 is 0. The minimum Gasteiger partial charge on any atom is -0.342 e. The molecule has 2 fully saturated rings. The molecule has 0 bridgehead atoms. The first-order valence-corrected chi connectivity index (χ1v) is 10.6. The van der Waals surface area contributed by atoms with Crippen LogP contribution < -0.4 is 0 Å². The van der Waals surface area contributed by atoms with E-state index < -0.39 is 0 Å². The van der Waals surface area contributed by atoms with Crippen molar-refractivity contribution in [2.24, 2.45) is 11.8 Å². The number of carbonyl (C=O) groups is 2. The predicted octanol–water partition coefficient (Wildman–Crippen LogP) is 4.88. The number of ketones is 1. The monoisotopic (exact) mass is 395 g/mol. The Hall–Kier alpha value is -2.13. The SMILES string of the molecule is O=C(Cc1ccc(Cl)cc1)C[C@@H]1CN(C(=O)C2CC2)CCC1c1ccccc1. The van der Waals surface area contributed by atoms with Gasteiger partial charge < -0.3 is 4.90 Å². The molecule has 1 heterocycles. The van der Waals surface area contributed by atoms with E-state index in [1.807, 2.05) is 35.2 Å². The molecule has 1 amide bonds. The molecule has 2 aromatic rings. The highest BCUT2D eigenvalue weighted by Gasteiger charge is 2.38. The van der Waals surface area contributed by atoms with Gasteiger partial charge >= 0.3 is 0 Å². The third-order valence-corrected chi connectivity index (χ3v) is 6.26. The highest BCUT2D eigenvalue weighted by atomic mass is 35.5. The lowest BCUT2D eigenvalue weighted by Crippen LogP contribution is -2.44. The number of Topliss-reactive ketones (excluding diaryl/α,β-unsaturated/α-hetero) is 1. The van der Waals surface area contributed by atoms with Crippen molar-refractivity contribution in [3.63, 3.8) is 0 Å². The number of hydrogen-bond donors (Lipinski definition) is 0. The van der Waals surface area contributed by atoms with Crippen LogP contribution in [-0.2, 0) is 16.0 Å². The van der Waals surface area contributed by atoms with Crippen LogP contribution in [0.3, 0.4) is 0 Å². The molecule has 1 aliphatic carbocycles. The van der Waals surface area contributed by atoms with Crippen molar-refractivity contribution >= 4 is 23.3 Å². The average Bonchev–Trinajstić information content (AvgIpc) is 3.55. The zero-order valence-corrected chi connectivity index (χ0v) is 16.8. The van der Waals surface area contributed by atoms with Gasteiger partial charge in [-0.05, 0) is 54.4 Å². The van der Waals surface area contributed by atoms with Gasteiger partial charge in [0.05, 0.1) is 0 Å². The van der Waals surface area contributed by atoms with Crippen molar-refractivity contribution in [3.8, 4) is 0 Å². The van der Waals surface area contributed by atoms with Crippen LogP contribution >= 0.6 is 11.6 Å². The molecular formula is C24H26ClNO2. The van der Waals surface area contributed by atoms with Gasteiger partial charge in [-0.2, -0.15) is 0 Å². The molecule has 0 spiro atoms. The van der Waals surface area contributed by atoms with Gasteiger partial charge in [0.1, 0.15) is 5.78 Å². The van der Waals surface area contributed by atoms with E-state index in [-0.39, 0.29) is 17.6 Å². The molecule has 4 heteroatoms. The smallest absolute Gasteiger partial charge is 0.225 e. The zero-order valence-electron chi connectivity index (χ0n) is 16.0. The van der Waals surface area contributed by atoms with Crippen molar-refractivity contribution < 1.29 is 9.59 Å². The Labute approximate surface area is 171 Å². The summed E-state index contributed by atoms with van der Waals surface area (Å²) in [7, 11) is 0. The maximum absolute atomic E-state index is 12.8. The highest BCUT2D eigenvalue weighted by Crippen LogP contribution is 2.38. The third-order valence-electron chi connectivity index (χ3n) is 6.00. The van der Waals surface area contributed by atoms with Gasteiger partial charge in [0, 0.05) is 36.9 Å². The fraction of sp³-hybridized carbons (Fsp3) is 0.417. The van der Waals surface area contributed by atoms with Crippen LogP contribution in [0.2, 0.25) is 5.02 Å². The van der Waals surface area contributed by atoms with Crippen LogP contribution in [-0.4, -0.2) is 29.7 Å². The number of likely N-dealkylation sites (tertiary alicyclic amines) is 1. The number of amides is 1. The highest BCUT2D eigenvalue weighted by molar-refractivity contribution is 6.30. The molecule has 1 aliphatic heterocycles. The second-order valence-corrected chi connectivity index (χ2v) is 8.61. The van der Waals surface area contributed by atoms with Crippen molar-refractivity contribution in [2.45, 2.75) is 38.0 Å². The summed E-state index contributed by atoms with van der Waals surface area (Å²) in [6, 6.07) is 17.9. The Morgan fingerprint density at radius 2 is 1.68 bits per heavy atom. The number of carbonyl (C=O) groups excluding carboxylic acids is 2. The Balaban J connectivity index is 1.47. The second-order valence-electron chi connectivity index (χ2n) is 8.17. The number of nitrogens with zero attached hydrogens (tertiary/aromatic N) is 1. The maximum atomic E-state index is 12.8. The average molecular weight is 396 g/mol. The molecule has 0 radical (unpaired) electrons. The molecule has 2 atom stereocenters. The Morgan fingerprint density at radius 3 is 2.36 bits per heavy atom. The van der Waals surface area contributed by atoms with E-state index in [0.29, 0.717) is 36.2 Å². The zero-order chi connectivity index (χ0) is 19.5. The molecule has 146 valence electrons. The fourth-order valence-electron chi connectivity index (χ4n) is 4.36. The first-order chi connectivity index (χ1) is 13.6. The van der Waals surface area contributed by atoms with Gasteiger partial charge in [0.25, 0.3) is 0 Å². The largest absolute Gasteiger partial charge is 0.342 e. The summed E-state index contributed by atoms with van der Waals surface area (Å²) in [6.45, 7) is 1.50. The third kappa shape index (κ3) is 4.64. The Kier molecular flexibility index (Phi) is 5.82.